The Balaban J connectivity index is 2.11. The van der Waals surface area contributed by atoms with Crippen LogP contribution in [0.4, 0.5) is 5.69 Å². The van der Waals surface area contributed by atoms with E-state index in [2.05, 4.69) is 15.8 Å². The fourth-order valence-corrected chi connectivity index (χ4v) is 2.07. The number of hydrogen-bond donors (Lipinski definition) is 3. The number of nitrogen functional groups attached to an aromatic ring is 1. The summed E-state index contributed by atoms with van der Waals surface area (Å²) in [5, 5.41) is 7.12. The summed E-state index contributed by atoms with van der Waals surface area (Å²) >= 11 is 0. The van der Waals surface area contributed by atoms with E-state index in [1.54, 1.807) is 10.7 Å². The molecule has 0 saturated heterocycles. The summed E-state index contributed by atoms with van der Waals surface area (Å²) in [6, 6.07) is 5.48. The standard InChI is InChI=1S/C14H19N5O/c1-9-4-5-12(13(6-9)17-15)14(20)16-7-11-8-19(3)18-10(11)2/h4-6,8,17H,7,15H2,1-3H3,(H,16,20). The van der Waals surface area contributed by atoms with Crippen LogP contribution >= 0.6 is 0 Å². The minimum Gasteiger partial charge on any atom is -0.348 e. The van der Waals surface area contributed by atoms with E-state index in [1.807, 2.05) is 39.2 Å². The predicted octanol–water partition coefficient (Wildman–Crippen LogP) is 1.25. The van der Waals surface area contributed by atoms with Crippen LogP contribution < -0.4 is 16.6 Å². The van der Waals surface area contributed by atoms with Crippen molar-refractivity contribution in [1.82, 2.24) is 15.1 Å². The molecule has 6 heteroatoms. The number of rotatable bonds is 4. The Hall–Kier alpha value is -2.34. The summed E-state index contributed by atoms with van der Waals surface area (Å²) in [5.41, 5.74) is 6.64. The average molecular weight is 273 g/mol. The molecule has 0 unspecified atom stereocenters. The number of carbonyl (C=O) groups excluding carboxylic acids is 1. The summed E-state index contributed by atoms with van der Waals surface area (Å²) < 4.78 is 1.73. The Morgan fingerprint density at radius 2 is 2.15 bits per heavy atom. The van der Waals surface area contributed by atoms with Gasteiger partial charge in [-0.3, -0.25) is 15.3 Å². The number of nitrogens with two attached hydrogens (primary N) is 1. The number of aromatic nitrogens is 2. The van der Waals surface area contributed by atoms with Crippen LogP contribution in [0.25, 0.3) is 0 Å². The molecule has 4 N–H and O–H groups in total. The van der Waals surface area contributed by atoms with Crippen LogP contribution in [0.1, 0.15) is 27.2 Å². The highest BCUT2D eigenvalue weighted by molar-refractivity contribution is 5.99. The molecule has 0 aliphatic rings. The monoisotopic (exact) mass is 273 g/mol. The number of hydrogen-bond acceptors (Lipinski definition) is 4. The van der Waals surface area contributed by atoms with Crippen molar-refractivity contribution in [1.29, 1.82) is 0 Å². The Kier molecular flexibility index (Phi) is 4.05. The zero-order valence-corrected chi connectivity index (χ0v) is 11.9. The van der Waals surface area contributed by atoms with Gasteiger partial charge in [0, 0.05) is 25.4 Å². The number of anilines is 1. The zero-order chi connectivity index (χ0) is 14.7. The number of carbonyl (C=O) groups is 1. The Morgan fingerprint density at radius 3 is 2.75 bits per heavy atom. The van der Waals surface area contributed by atoms with Crippen LogP contribution in [-0.2, 0) is 13.6 Å². The molecule has 2 aromatic rings. The molecule has 0 fully saturated rings. The molecule has 1 aromatic heterocycles. The lowest BCUT2D eigenvalue weighted by Crippen LogP contribution is -2.25. The molecule has 106 valence electrons. The average Bonchev–Trinajstić information content (AvgIpc) is 2.74. The molecule has 0 bridgehead atoms. The van der Waals surface area contributed by atoms with Crippen LogP contribution in [0, 0.1) is 13.8 Å². The van der Waals surface area contributed by atoms with Gasteiger partial charge in [-0.25, -0.2) is 0 Å². The third-order valence-corrected chi connectivity index (χ3v) is 3.13. The predicted molar refractivity (Wildman–Crippen MR) is 78.1 cm³/mol. The molecule has 0 aliphatic carbocycles. The number of benzene rings is 1. The zero-order valence-electron chi connectivity index (χ0n) is 11.9. The van der Waals surface area contributed by atoms with Crippen molar-refractivity contribution < 1.29 is 4.79 Å². The third-order valence-electron chi connectivity index (χ3n) is 3.13. The van der Waals surface area contributed by atoms with E-state index < -0.39 is 0 Å². The van der Waals surface area contributed by atoms with Gasteiger partial charge in [0.15, 0.2) is 0 Å². The van der Waals surface area contributed by atoms with Crippen LogP contribution in [-0.4, -0.2) is 15.7 Å². The van der Waals surface area contributed by atoms with Crippen LogP contribution in [0.5, 0.6) is 0 Å². The van der Waals surface area contributed by atoms with Gasteiger partial charge in [-0.2, -0.15) is 5.10 Å². The minimum atomic E-state index is -0.166. The maximum atomic E-state index is 12.2. The van der Waals surface area contributed by atoms with E-state index in [1.165, 1.54) is 0 Å². The smallest absolute Gasteiger partial charge is 0.253 e. The van der Waals surface area contributed by atoms with Crippen molar-refractivity contribution in [3.05, 3.63) is 46.8 Å². The van der Waals surface area contributed by atoms with Crippen LogP contribution in [0.2, 0.25) is 0 Å². The number of nitrogens with zero attached hydrogens (tertiary/aromatic N) is 2. The second-order valence-corrected chi connectivity index (χ2v) is 4.79. The second-order valence-electron chi connectivity index (χ2n) is 4.79. The van der Waals surface area contributed by atoms with Crippen molar-refractivity contribution in [2.45, 2.75) is 20.4 Å². The quantitative estimate of drug-likeness (QED) is 0.578. The SMILES string of the molecule is Cc1ccc(C(=O)NCc2cn(C)nc2C)c(NN)c1. The van der Waals surface area contributed by atoms with Crippen molar-refractivity contribution in [2.75, 3.05) is 5.43 Å². The lowest BCUT2D eigenvalue weighted by Gasteiger charge is -2.10. The molecular formula is C14H19N5O. The molecule has 0 spiro atoms. The molecule has 2 rings (SSSR count). The number of aryl methyl sites for hydroxylation is 3. The maximum Gasteiger partial charge on any atom is 0.253 e. The van der Waals surface area contributed by atoms with Crippen molar-refractivity contribution in [3.8, 4) is 0 Å². The van der Waals surface area contributed by atoms with E-state index >= 15 is 0 Å². The maximum absolute atomic E-state index is 12.2. The Morgan fingerprint density at radius 1 is 1.40 bits per heavy atom. The first-order valence-electron chi connectivity index (χ1n) is 6.36. The summed E-state index contributed by atoms with van der Waals surface area (Å²) in [4.78, 5) is 12.2. The van der Waals surface area contributed by atoms with Gasteiger partial charge in [-0.05, 0) is 31.5 Å². The third kappa shape index (κ3) is 2.97. The molecule has 0 atom stereocenters. The van der Waals surface area contributed by atoms with E-state index in [0.717, 1.165) is 16.8 Å². The van der Waals surface area contributed by atoms with E-state index in [4.69, 9.17) is 5.84 Å². The molecular weight excluding hydrogens is 254 g/mol. The largest absolute Gasteiger partial charge is 0.348 e. The molecule has 20 heavy (non-hydrogen) atoms. The first kappa shape index (κ1) is 14.1. The van der Waals surface area contributed by atoms with Crippen molar-refractivity contribution >= 4 is 11.6 Å². The van der Waals surface area contributed by atoms with Crippen molar-refractivity contribution in [2.24, 2.45) is 12.9 Å². The second kappa shape index (κ2) is 5.75. The van der Waals surface area contributed by atoms with Gasteiger partial charge in [0.2, 0.25) is 0 Å². The van der Waals surface area contributed by atoms with Crippen LogP contribution in [0.15, 0.2) is 24.4 Å². The van der Waals surface area contributed by atoms with Gasteiger partial charge in [-0.1, -0.05) is 6.07 Å². The van der Waals surface area contributed by atoms with Gasteiger partial charge in [0.05, 0.1) is 16.9 Å². The van der Waals surface area contributed by atoms with Crippen molar-refractivity contribution in [3.63, 3.8) is 0 Å². The van der Waals surface area contributed by atoms with Gasteiger partial charge < -0.3 is 10.7 Å². The lowest BCUT2D eigenvalue weighted by atomic mass is 10.1. The molecule has 0 aliphatic heterocycles. The van der Waals surface area contributed by atoms with Gasteiger partial charge >= 0.3 is 0 Å². The summed E-state index contributed by atoms with van der Waals surface area (Å²) in [7, 11) is 1.86. The first-order chi connectivity index (χ1) is 9.51. The highest BCUT2D eigenvalue weighted by Gasteiger charge is 2.12. The molecule has 1 amide bonds. The normalized spacial score (nSPS) is 10.4. The summed E-state index contributed by atoms with van der Waals surface area (Å²) in [5.74, 6) is 5.28. The van der Waals surface area contributed by atoms with Crippen LogP contribution in [0.3, 0.4) is 0 Å². The fraction of sp³-hybridized carbons (Fsp3) is 0.286. The topological polar surface area (TPSA) is 85.0 Å². The Bertz CT molecular complexity index is 632. The fourth-order valence-electron chi connectivity index (χ4n) is 2.07. The number of hydrazine groups is 1. The molecule has 1 aromatic carbocycles. The molecule has 0 saturated carbocycles. The Labute approximate surface area is 117 Å². The summed E-state index contributed by atoms with van der Waals surface area (Å²) in [6.07, 6.45) is 1.90. The van der Waals surface area contributed by atoms with E-state index in [9.17, 15) is 4.79 Å². The van der Waals surface area contributed by atoms with Gasteiger partial charge in [-0.15, -0.1) is 0 Å². The number of nitrogens with one attached hydrogen (secondary N) is 2. The number of amides is 1. The van der Waals surface area contributed by atoms with E-state index in [0.29, 0.717) is 17.8 Å². The van der Waals surface area contributed by atoms with Gasteiger partial charge in [0.25, 0.3) is 5.91 Å². The first-order valence-corrected chi connectivity index (χ1v) is 6.36. The molecule has 1 heterocycles. The minimum absolute atomic E-state index is 0.166. The molecule has 0 radical (unpaired) electrons. The molecule has 6 nitrogen and oxygen atoms in total. The summed E-state index contributed by atoms with van der Waals surface area (Å²) in [6.45, 7) is 4.30. The van der Waals surface area contributed by atoms with Gasteiger partial charge in [0.1, 0.15) is 0 Å². The lowest BCUT2D eigenvalue weighted by molar-refractivity contribution is 0.0951. The van der Waals surface area contributed by atoms with E-state index in [-0.39, 0.29) is 5.91 Å². The highest BCUT2D eigenvalue weighted by atomic mass is 16.1. The highest BCUT2D eigenvalue weighted by Crippen LogP contribution is 2.16.